The molecule has 7 heteroatoms. The fourth-order valence-corrected chi connectivity index (χ4v) is 4.02. The Kier molecular flexibility index (Phi) is 5.36. The summed E-state index contributed by atoms with van der Waals surface area (Å²) >= 11 is 1.40. The predicted octanol–water partition coefficient (Wildman–Crippen LogP) is 3.35. The summed E-state index contributed by atoms with van der Waals surface area (Å²) < 4.78 is 0. The van der Waals surface area contributed by atoms with Gasteiger partial charge in [-0.3, -0.25) is 9.59 Å². The maximum atomic E-state index is 12.6. The Morgan fingerprint density at radius 3 is 2.85 bits per heavy atom. The summed E-state index contributed by atoms with van der Waals surface area (Å²) in [6.45, 7) is 8.61. The molecule has 2 amide bonds. The van der Waals surface area contributed by atoms with E-state index in [-0.39, 0.29) is 24.2 Å². The Bertz CT molecular complexity index is 831. The van der Waals surface area contributed by atoms with Crippen molar-refractivity contribution in [2.24, 2.45) is 11.8 Å². The van der Waals surface area contributed by atoms with Gasteiger partial charge in [0.15, 0.2) is 0 Å². The van der Waals surface area contributed by atoms with Gasteiger partial charge in [0.25, 0.3) is 0 Å². The molecule has 0 spiro atoms. The average molecular weight is 372 g/mol. The molecule has 1 aromatic heterocycles. The minimum absolute atomic E-state index is 0.0170. The summed E-state index contributed by atoms with van der Waals surface area (Å²) in [7, 11) is 0. The van der Waals surface area contributed by atoms with Crippen LogP contribution in [-0.2, 0) is 16.0 Å². The smallest absolute Gasteiger partial charge is 0.231 e. The molecule has 1 fully saturated rings. The van der Waals surface area contributed by atoms with E-state index in [1.54, 1.807) is 4.90 Å². The largest absolute Gasteiger partial charge is 0.311 e. The summed E-state index contributed by atoms with van der Waals surface area (Å²) in [6, 6.07) is 6.02. The molecule has 0 saturated carbocycles. The van der Waals surface area contributed by atoms with Crippen molar-refractivity contribution in [3.8, 4) is 0 Å². The first-order valence-electron chi connectivity index (χ1n) is 8.84. The van der Waals surface area contributed by atoms with Crippen molar-refractivity contribution in [3.63, 3.8) is 0 Å². The third kappa shape index (κ3) is 4.09. The number of aromatic nitrogens is 2. The van der Waals surface area contributed by atoms with Crippen molar-refractivity contribution >= 4 is 34.0 Å². The molecule has 3 rings (SSSR count). The molecule has 1 aromatic carbocycles. The highest BCUT2D eigenvalue weighted by atomic mass is 32.1. The summed E-state index contributed by atoms with van der Waals surface area (Å²) in [5.74, 6) is -0.0695. The highest BCUT2D eigenvalue weighted by molar-refractivity contribution is 7.15. The molecule has 2 heterocycles. The van der Waals surface area contributed by atoms with Crippen molar-refractivity contribution in [2.75, 3.05) is 16.8 Å². The minimum atomic E-state index is -0.375. The molecule has 1 aliphatic heterocycles. The average Bonchev–Trinajstić information content (AvgIpc) is 3.16. The molecule has 0 radical (unpaired) electrons. The second-order valence-corrected chi connectivity index (χ2v) is 8.35. The van der Waals surface area contributed by atoms with Crippen LogP contribution in [0.5, 0.6) is 0 Å². The van der Waals surface area contributed by atoms with Crippen LogP contribution in [0.25, 0.3) is 0 Å². The summed E-state index contributed by atoms with van der Waals surface area (Å²) in [5, 5.41) is 12.4. The number of carbonyl (C=O) groups is 2. The fraction of sp³-hybridized carbons (Fsp3) is 0.474. The van der Waals surface area contributed by atoms with Crippen LogP contribution in [0, 0.1) is 25.7 Å². The van der Waals surface area contributed by atoms with Gasteiger partial charge in [0.05, 0.1) is 5.92 Å². The van der Waals surface area contributed by atoms with Gasteiger partial charge in [-0.15, -0.1) is 10.2 Å². The number of aryl methyl sites for hydroxylation is 2. The second-order valence-electron chi connectivity index (χ2n) is 7.28. The number of amides is 2. The van der Waals surface area contributed by atoms with Crippen molar-refractivity contribution in [3.05, 3.63) is 34.3 Å². The number of carbonyl (C=O) groups excluding carboxylic acids is 2. The van der Waals surface area contributed by atoms with E-state index in [1.807, 2.05) is 32.0 Å². The van der Waals surface area contributed by atoms with Gasteiger partial charge < -0.3 is 10.2 Å². The van der Waals surface area contributed by atoms with Gasteiger partial charge in [0.1, 0.15) is 5.01 Å². The summed E-state index contributed by atoms with van der Waals surface area (Å²) in [4.78, 5) is 26.7. The van der Waals surface area contributed by atoms with E-state index in [0.717, 1.165) is 28.2 Å². The van der Waals surface area contributed by atoms with Crippen molar-refractivity contribution < 1.29 is 9.59 Å². The van der Waals surface area contributed by atoms with E-state index in [1.165, 1.54) is 11.3 Å². The lowest BCUT2D eigenvalue weighted by atomic mass is 10.1. The van der Waals surface area contributed by atoms with Crippen LogP contribution in [0.2, 0.25) is 0 Å². The number of nitrogens with zero attached hydrogens (tertiary/aromatic N) is 3. The Morgan fingerprint density at radius 1 is 1.35 bits per heavy atom. The van der Waals surface area contributed by atoms with Gasteiger partial charge in [0, 0.05) is 25.1 Å². The highest BCUT2D eigenvalue weighted by Crippen LogP contribution is 2.29. The van der Waals surface area contributed by atoms with Crippen LogP contribution in [0.1, 0.15) is 36.4 Å². The topological polar surface area (TPSA) is 75.2 Å². The molecule has 1 atom stereocenters. The van der Waals surface area contributed by atoms with Crippen LogP contribution < -0.4 is 10.2 Å². The standard InChI is InChI=1S/C19H24N4O2S/c1-11(2)7-16-21-22-19(26-16)20-18(25)14-9-17(24)23(10-14)15-8-12(3)5-6-13(15)4/h5-6,8,11,14H,7,9-10H2,1-4H3,(H,20,22,25). The number of rotatable bonds is 5. The van der Waals surface area contributed by atoms with Gasteiger partial charge in [-0.1, -0.05) is 37.3 Å². The molecule has 2 aromatic rings. The molecule has 0 aliphatic carbocycles. The Balaban J connectivity index is 1.67. The van der Waals surface area contributed by atoms with Gasteiger partial charge >= 0.3 is 0 Å². The summed E-state index contributed by atoms with van der Waals surface area (Å²) in [6.07, 6.45) is 1.06. The van der Waals surface area contributed by atoms with Gasteiger partial charge in [-0.2, -0.15) is 0 Å². The molecular weight excluding hydrogens is 348 g/mol. The third-order valence-corrected chi connectivity index (χ3v) is 5.29. The summed E-state index contributed by atoms with van der Waals surface area (Å²) in [5.41, 5.74) is 3.02. The van der Waals surface area contributed by atoms with E-state index in [9.17, 15) is 9.59 Å². The third-order valence-electron chi connectivity index (χ3n) is 4.43. The normalized spacial score (nSPS) is 17.2. The number of hydrogen-bond acceptors (Lipinski definition) is 5. The molecule has 1 unspecified atom stereocenters. The fourth-order valence-electron chi connectivity index (χ4n) is 3.07. The Labute approximate surface area is 157 Å². The zero-order chi connectivity index (χ0) is 18.8. The number of benzene rings is 1. The van der Waals surface area contributed by atoms with E-state index in [2.05, 4.69) is 29.4 Å². The molecule has 1 aliphatic rings. The zero-order valence-corrected chi connectivity index (χ0v) is 16.4. The first kappa shape index (κ1) is 18.5. The lowest BCUT2D eigenvalue weighted by Crippen LogP contribution is -2.28. The van der Waals surface area contributed by atoms with Crippen LogP contribution in [0.3, 0.4) is 0 Å². The van der Waals surface area contributed by atoms with Crippen LogP contribution in [0.4, 0.5) is 10.8 Å². The second kappa shape index (κ2) is 7.53. The first-order chi connectivity index (χ1) is 12.3. The molecule has 0 bridgehead atoms. The van der Waals surface area contributed by atoms with Gasteiger partial charge in [-0.05, 0) is 37.0 Å². The number of anilines is 2. The Morgan fingerprint density at radius 2 is 2.12 bits per heavy atom. The lowest BCUT2D eigenvalue weighted by molar-refractivity contribution is -0.122. The first-order valence-corrected chi connectivity index (χ1v) is 9.66. The minimum Gasteiger partial charge on any atom is -0.311 e. The molecule has 138 valence electrons. The van der Waals surface area contributed by atoms with Crippen molar-refractivity contribution in [1.29, 1.82) is 0 Å². The molecule has 1 N–H and O–H groups in total. The number of hydrogen-bond donors (Lipinski definition) is 1. The van der Waals surface area contributed by atoms with Crippen LogP contribution >= 0.6 is 11.3 Å². The highest BCUT2D eigenvalue weighted by Gasteiger charge is 2.36. The molecule has 1 saturated heterocycles. The maximum Gasteiger partial charge on any atom is 0.231 e. The van der Waals surface area contributed by atoms with Crippen LogP contribution in [0.15, 0.2) is 18.2 Å². The molecule has 26 heavy (non-hydrogen) atoms. The van der Waals surface area contributed by atoms with E-state index in [4.69, 9.17) is 0 Å². The Hall–Kier alpha value is -2.28. The van der Waals surface area contributed by atoms with Crippen molar-refractivity contribution in [2.45, 2.75) is 40.5 Å². The quantitative estimate of drug-likeness (QED) is 0.873. The van der Waals surface area contributed by atoms with E-state index < -0.39 is 0 Å². The van der Waals surface area contributed by atoms with E-state index >= 15 is 0 Å². The predicted molar refractivity (Wildman–Crippen MR) is 103 cm³/mol. The maximum absolute atomic E-state index is 12.6. The van der Waals surface area contributed by atoms with E-state index in [0.29, 0.717) is 17.6 Å². The molecule has 6 nitrogen and oxygen atoms in total. The monoisotopic (exact) mass is 372 g/mol. The lowest BCUT2D eigenvalue weighted by Gasteiger charge is -2.19. The van der Waals surface area contributed by atoms with Gasteiger partial charge in [0.2, 0.25) is 16.9 Å². The SMILES string of the molecule is Cc1ccc(C)c(N2CC(C(=O)Nc3nnc(CC(C)C)s3)CC2=O)c1. The molecular formula is C19H24N4O2S. The van der Waals surface area contributed by atoms with Crippen molar-refractivity contribution in [1.82, 2.24) is 10.2 Å². The number of nitrogens with one attached hydrogen (secondary N) is 1. The van der Waals surface area contributed by atoms with Crippen LogP contribution in [-0.4, -0.2) is 28.6 Å². The zero-order valence-electron chi connectivity index (χ0n) is 15.6. The van der Waals surface area contributed by atoms with Gasteiger partial charge in [-0.25, -0.2) is 0 Å².